The van der Waals surface area contributed by atoms with Gasteiger partial charge in [0.2, 0.25) is 0 Å². The second-order valence-electron chi connectivity index (χ2n) is 5.64. The van der Waals surface area contributed by atoms with E-state index in [1.54, 1.807) is 0 Å². The fourth-order valence-corrected chi connectivity index (χ4v) is 2.88. The van der Waals surface area contributed by atoms with Crippen molar-refractivity contribution in [3.05, 3.63) is 53.3 Å². The first kappa shape index (κ1) is 13.8. The molecule has 1 saturated carbocycles. The third-order valence-electron chi connectivity index (χ3n) is 4.08. The van der Waals surface area contributed by atoms with Gasteiger partial charge in [0, 0.05) is 19.3 Å². The Kier molecular flexibility index (Phi) is 4.32. The Balaban J connectivity index is 1.49. The summed E-state index contributed by atoms with van der Waals surface area (Å²) in [5.74, 6) is 0. The Labute approximate surface area is 125 Å². The van der Waals surface area contributed by atoms with E-state index < -0.39 is 0 Å². The summed E-state index contributed by atoms with van der Waals surface area (Å²) in [6.07, 6.45) is 7.29. The van der Waals surface area contributed by atoms with E-state index in [-0.39, 0.29) is 0 Å². The predicted molar refractivity (Wildman–Crippen MR) is 81.4 cm³/mol. The van der Waals surface area contributed by atoms with E-state index in [1.165, 1.54) is 31.2 Å². The zero-order valence-corrected chi connectivity index (χ0v) is 12.1. The van der Waals surface area contributed by atoms with E-state index in [1.807, 2.05) is 24.3 Å². The van der Waals surface area contributed by atoms with Crippen LogP contribution >= 0.6 is 0 Å². The van der Waals surface area contributed by atoms with E-state index >= 15 is 0 Å². The smallest absolute Gasteiger partial charge is 0.0991 e. The molecule has 0 aliphatic heterocycles. The fraction of sp³-hybridized carbons (Fsp3) is 0.412. The molecule has 1 heterocycles. The lowest BCUT2D eigenvalue weighted by Crippen LogP contribution is -2.14. The van der Waals surface area contributed by atoms with Crippen LogP contribution in [0.2, 0.25) is 0 Å². The number of nitrogens with one attached hydrogen (secondary N) is 1. The molecule has 1 aromatic carbocycles. The molecule has 1 aliphatic carbocycles. The molecule has 21 heavy (non-hydrogen) atoms. The zero-order chi connectivity index (χ0) is 14.5. The molecule has 1 aromatic heterocycles. The number of benzene rings is 1. The molecule has 0 spiro atoms. The molecule has 0 bridgehead atoms. The highest BCUT2D eigenvalue weighted by atomic mass is 15.3. The lowest BCUT2D eigenvalue weighted by Gasteiger charge is -2.09. The van der Waals surface area contributed by atoms with Crippen LogP contribution in [0, 0.1) is 11.3 Å². The standard InChI is InChI=1S/C17H20N4/c18-11-14-5-7-15(8-6-14)12-19-13-16-9-10-21(20-16)17-3-1-2-4-17/h5-10,17,19H,1-4,12-13H2. The summed E-state index contributed by atoms with van der Waals surface area (Å²) in [4.78, 5) is 0. The van der Waals surface area contributed by atoms with Gasteiger partial charge in [-0.3, -0.25) is 4.68 Å². The Morgan fingerprint density at radius 1 is 1.14 bits per heavy atom. The lowest BCUT2D eigenvalue weighted by atomic mass is 10.1. The van der Waals surface area contributed by atoms with E-state index in [4.69, 9.17) is 5.26 Å². The molecule has 1 fully saturated rings. The molecule has 1 aliphatic rings. The fourth-order valence-electron chi connectivity index (χ4n) is 2.88. The summed E-state index contributed by atoms with van der Waals surface area (Å²) >= 11 is 0. The summed E-state index contributed by atoms with van der Waals surface area (Å²) in [6.45, 7) is 1.57. The van der Waals surface area contributed by atoms with Crippen molar-refractivity contribution in [3.63, 3.8) is 0 Å². The molecule has 0 atom stereocenters. The first-order chi connectivity index (χ1) is 10.3. The number of hydrogen-bond donors (Lipinski definition) is 1. The van der Waals surface area contributed by atoms with Gasteiger partial charge >= 0.3 is 0 Å². The molecule has 0 amide bonds. The van der Waals surface area contributed by atoms with Crippen molar-refractivity contribution in [2.75, 3.05) is 0 Å². The Morgan fingerprint density at radius 3 is 2.62 bits per heavy atom. The maximum absolute atomic E-state index is 8.77. The minimum Gasteiger partial charge on any atom is -0.307 e. The van der Waals surface area contributed by atoms with Crippen molar-refractivity contribution in [1.82, 2.24) is 15.1 Å². The summed E-state index contributed by atoms with van der Waals surface area (Å²) < 4.78 is 2.13. The molecular formula is C17H20N4. The first-order valence-electron chi connectivity index (χ1n) is 7.59. The van der Waals surface area contributed by atoms with Crippen LogP contribution in [0.25, 0.3) is 0 Å². The highest BCUT2D eigenvalue weighted by Crippen LogP contribution is 2.28. The molecule has 108 valence electrons. The normalized spacial score (nSPS) is 15.2. The quantitative estimate of drug-likeness (QED) is 0.915. The zero-order valence-electron chi connectivity index (χ0n) is 12.1. The highest BCUT2D eigenvalue weighted by molar-refractivity contribution is 5.31. The molecule has 2 aromatic rings. The maximum Gasteiger partial charge on any atom is 0.0991 e. The first-order valence-corrected chi connectivity index (χ1v) is 7.59. The van der Waals surface area contributed by atoms with Crippen LogP contribution in [0.3, 0.4) is 0 Å². The van der Waals surface area contributed by atoms with Crippen molar-refractivity contribution < 1.29 is 0 Å². The predicted octanol–water partition coefficient (Wildman–Crippen LogP) is 3.16. The molecule has 3 rings (SSSR count). The maximum atomic E-state index is 8.77. The third-order valence-corrected chi connectivity index (χ3v) is 4.08. The van der Waals surface area contributed by atoms with Crippen molar-refractivity contribution >= 4 is 0 Å². The van der Waals surface area contributed by atoms with E-state index in [9.17, 15) is 0 Å². The van der Waals surface area contributed by atoms with Gasteiger partial charge in [0.25, 0.3) is 0 Å². The van der Waals surface area contributed by atoms with Gasteiger partial charge in [-0.25, -0.2) is 0 Å². The molecule has 1 N–H and O–H groups in total. The minimum absolute atomic E-state index is 0.609. The van der Waals surface area contributed by atoms with Crippen LogP contribution in [0.4, 0.5) is 0 Å². The van der Waals surface area contributed by atoms with Crippen LogP contribution in [-0.4, -0.2) is 9.78 Å². The van der Waals surface area contributed by atoms with Gasteiger partial charge in [-0.15, -0.1) is 0 Å². The lowest BCUT2D eigenvalue weighted by molar-refractivity contribution is 0.461. The number of hydrogen-bond acceptors (Lipinski definition) is 3. The van der Waals surface area contributed by atoms with Crippen LogP contribution in [-0.2, 0) is 13.1 Å². The monoisotopic (exact) mass is 280 g/mol. The summed E-state index contributed by atoms with van der Waals surface area (Å²) in [5.41, 5.74) is 2.98. The SMILES string of the molecule is N#Cc1ccc(CNCc2ccn(C3CCCC3)n2)cc1. The summed E-state index contributed by atoms with van der Waals surface area (Å²) in [5, 5.41) is 16.8. The Bertz CT molecular complexity index is 615. The summed E-state index contributed by atoms with van der Waals surface area (Å²) in [6, 6.07) is 12.5. The molecule has 0 unspecified atom stereocenters. The topological polar surface area (TPSA) is 53.6 Å². The van der Waals surface area contributed by atoms with Gasteiger partial charge in [-0.2, -0.15) is 10.4 Å². The van der Waals surface area contributed by atoms with E-state index in [0.717, 1.165) is 18.8 Å². The van der Waals surface area contributed by atoms with Crippen molar-refractivity contribution in [2.24, 2.45) is 0 Å². The van der Waals surface area contributed by atoms with Crippen molar-refractivity contribution in [2.45, 2.75) is 44.8 Å². The third kappa shape index (κ3) is 3.50. The number of nitriles is 1. The number of aromatic nitrogens is 2. The molecule has 0 saturated heterocycles. The van der Waals surface area contributed by atoms with Gasteiger partial charge in [0.15, 0.2) is 0 Å². The molecule has 0 radical (unpaired) electrons. The van der Waals surface area contributed by atoms with Gasteiger partial charge in [-0.05, 0) is 36.6 Å². The largest absolute Gasteiger partial charge is 0.307 e. The van der Waals surface area contributed by atoms with Gasteiger partial charge in [-0.1, -0.05) is 25.0 Å². The van der Waals surface area contributed by atoms with E-state index in [0.29, 0.717) is 11.6 Å². The van der Waals surface area contributed by atoms with Crippen molar-refractivity contribution in [3.8, 4) is 6.07 Å². The number of rotatable bonds is 5. The van der Waals surface area contributed by atoms with Crippen LogP contribution < -0.4 is 5.32 Å². The van der Waals surface area contributed by atoms with Crippen LogP contribution in [0.1, 0.15) is 48.5 Å². The molecule has 4 nitrogen and oxygen atoms in total. The van der Waals surface area contributed by atoms with Crippen LogP contribution in [0.15, 0.2) is 36.5 Å². The average molecular weight is 280 g/mol. The minimum atomic E-state index is 0.609. The second-order valence-corrected chi connectivity index (χ2v) is 5.64. The summed E-state index contributed by atoms with van der Waals surface area (Å²) in [7, 11) is 0. The van der Waals surface area contributed by atoms with Gasteiger partial charge in [0.1, 0.15) is 0 Å². The Morgan fingerprint density at radius 2 is 1.90 bits per heavy atom. The Hall–Kier alpha value is -2.12. The van der Waals surface area contributed by atoms with Crippen molar-refractivity contribution in [1.29, 1.82) is 5.26 Å². The molecular weight excluding hydrogens is 260 g/mol. The van der Waals surface area contributed by atoms with Crippen LogP contribution in [0.5, 0.6) is 0 Å². The average Bonchev–Trinajstić information content (AvgIpc) is 3.19. The van der Waals surface area contributed by atoms with E-state index in [2.05, 4.69) is 33.4 Å². The molecule has 4 heteroatoms. The van der Waals surface area contributed by atoms with Gasteiger partial charge in [0.05, 0.1) is 23.4 Å². The number of nitrogens with zero attached hydrogens (tertiary/aromatic N) is 3. The highest BCUT2D eigenvalue weighted by Gasteiger charge is 2.17. The van der Waals surface area contributed by atoms with Gasteiger partial charge < -0.3 is 5.32 Å². The second kappa shape index (κ2) is 6.55.